The van der Waals surface area contributed by atoms with Crippen molar-refractivity contribution in [1.82, 2.24) is 5.32 Å². The van der Waals surface area contributed by atoms with E-state index in [4.69, 9.17) is 11.6 Å². The minimum Gasteiger partial charge on any atom is -0.348 e. The van der Waals surface area contributed by atoms with E-state index in [0.29, 0.717) is 5.02 Å². The van der Waals surface area contributed by atoms with Gasteiger partial charge in [0.05, 0.1) is 27.6 Å². The molecule has 1 N–H and O–H groups in total. The number of carbonyl (C=O) groups excluding carboxylic acids is 2. The maximum Gasteiger partial charge on any atom is 0.259 e. The second-order valence-corrected chi connectivity index (χ2v) is 10.7. The molecule has 0 bridgehead atoms. The summed E-state index contributed by atoms with van der Waals surface area (Å²) in [6.45, 7) is 0.413. The second kappa shape index (κ2) is 9.60. The van der Waals surface area contributed by atoms with Crippen molar-refractivity contribution in [1.29, 1.82) is 0 Å². The molecule has 4 aromatic carbocycles. The molecule has 5 rings (SSSR count). The van der Waals surface area contributed by atoms with Crippen LogP contribution in [-0.2, 0) is 22.9 Å². The van der Waals surface area contributed by atoms with Gasteiger partial charge in [-0.3, -0.25) is 9.59 Å². The van der Waals surface area contributed by atoms with Crippen molar-refractivity contribution in [3.05, 3.63) is 124 Å². The molecule has 0 radical (unpaired) electrons. The number of halogens is 1. The molecule has 1 aliphatic rings. The van der Waals surface area contributed by atoms with Gasteiger partial charge in [-0.15, -0.1) is 0 Å². The predicted octanol–water partition coefficient (Wildman–Crippen LogP) is 5.26. The van der Waals surface area contributed by atoms with Crippen LogP contribution in [0.25, 0.3) is 0 Å². The van der Waals surface area contributed by atoms with E-state index in [1.54, 1.807) is 24.3 Å². The molecule has 180 valence electrons. The first-order chi connectivity index (χ1) is 17.3. The second-order valence-electron chi connectivity index (χ2n) is 8.37. The zero-order chi connectivity index (χ0) is 25.3. The van der Waals surface area contributed by atoms with Crippen LogP contribution in [0.1, 0.15) is 31.8 Å². The van der Waals surface area contributed by atoms with Gasteiger partial charge < -0.3 is 10.2 Å². The monoisotopic (exact) mass is 516 g/mol. The molecule has 0 spiro atoms. The average molecular weight is 517 g/mol. The molecule has 0 unspecified atom stereocenters. The summed E-state index contributed by atoms with van der Waals surface area (Å²) in [6.07, 6.45) is 0. The third-order valence-electron chi connectivity index (χ3n) is 6.00. The first-order valence-electron chi connectivity index (χ1n) is 11.2. The number of fused-ring (bicyclic) bond motifs is 2. The van der Waals surface area contributed by atoms with Crippen LogP contribution < -0.4 is 10.2 Å². The number of rotatable bonds is 5. The van der Waals surface area contributed by atoms with Gasteiger partial charge in [0, 0.05) is 17.1 Å². The summed E-state index contributed by atoms with van der Waals surface area (Å²) in [7, 11) is -4.00. The van der Waals surface area contributed by atoms with Gasteiger partial charge in [-0.2, -0.15) is 0 Å². The highest BCUT2D eigenvalue weighted by Gasteiger charge is 2.36. The van der Waals surface area contributed by atoms with E-state index in [-0.39, 0.29) is 45.6 Å². The SMILES string of the molecule is O=C(NCc1ccc(Cl)cc1)c1ccc2c(c1)N(Cc1ccccc1)C(=O)c1ccccc1S2(=O)=O. The molecule has 1 heterocycles. The predicted molar refractivity (Wildman–Crippen MR) is 138 cm³/mol. The molecule has 2 amide bonds. The van der Waals surface area contributed by atoms with E-state index in [1.165, 1.54) is 35.2 Å². The van der Waals surface area contributed by atoms with Crippen molar-refractivity contribution in [2.75, 3.05) is 4.90 Å². The highest BCUT2D eigenvalue weighted by Crippen LogP contribution is 2.38. The van der Waals surface area contributed by atoms with Crippen molar-refractivity contribution in [2.45, 2.75) is 22.9 Å². The highest BCUT2D eigenvalue weighted by molar-refractivity contribution is 7.91. The number of amides is 2. The fourth-order valence-electron chi connectivity index (χ4n) is 4.16. The Balaban J connectivity index is 1.56. The van der Waals surface area contributed by atoms with Crippen molar-refractivity contribution in [3.8, 4) is 0 Å². The van der Waals surface area contributed by atoms with Gasteiger partial charge in [0.15, 0.2) is 0 Å². The Bertz CT molecular complexity index is 1570. The van der Waals surface area contributed by atoms with Crippen molar-refractivity contribution < 1.29 is 18.0 Å². The molecular formula is C28H21ClN2O4S. The number of hydrogen-bond donors (Lipinski definition) is 1. The minimum absolute atomic E-state index is 0.0222. The lowest BCUT2D eigenvalue weighted by molar-refractivity contribution is 0.0947. The van der Waals surface area contributed by atoms with E-state index in [9.17, 15) is 18.0 Å². The summed E-state index contributed by atoms with van der Waals surface area (Å²) in [6, 6.07) is 26.9. The van der Waals surface area contributed by atoms with Gasteiger partial charge in [-0.25, -0.2) is 8.42 Å². The zero-order valence-corrected chi connectivity index (χ0v) is 20.6. The standard InChI is InChI=1S/C28H21ClN2O4S/c29-22-13-10-19(11-14-22)17-30-27(32)21-12-15-26-24(16-21)31(18-20-6-2-1-3-7-20)28(33)23-8-4-5-9-25(23)36(26,34)35/h1-16H,17-18H2,(H,30,32). The van der Waals surface area contributed by atoms with E-state index >= 15 is 0 Å². The van der Waals surface area contributed by atoms with E-state index < -0.39 is 15.7 Å². The van der Waals surface area contributed by atoms with Gasteiger partial charge in [0.25, 0.3) is 11.8 Å². The Kier molecular flexibility index (Phi) is 6.35. The summed E-state index contributed by atoms with van der Waals surface area (Å²) >= 11 is 5.92. The molecule has 0 aliphatic carbocycles. The zero-order valence-electron chi connectivity index (χ0n) is 19.0. The summed E-state index contributed by atoms with van der Waals surface area (Å²) in [5.41, 5.74) is 2.19. The van der Waals surface area contributed by atoms with Crippen molar-refractivity contribution in [3.63, 3.8) is 0 Å². The van der Waals surface area contributed by atoms with Gasteiger partial charge in [-0.1, -0.05) is 66.2 Å². The Morgan fingerprint density at radius 3 is 2.25 bits per heavy atom. The molecular weight excluding hydrogens is 496 g/mol. The number of hydrogen-bond acceptors (Lipinski definition) is 4. The van der Waals surface area contributed by atoms with E-state index in [2.05, 4.69) is 5.32 Å². The Morgan fingerprint density at radius 1 is 0.806 bits per heavy atom. The minimum atomic E-state index is -4.00. The third-order valence-corrected chi connectivity index (χ3v) is 8.11. The lowest BCUT2D eigenvalue weighted by atomic mass is 10.1. The van der Waals surface area contributed by atoms with Gasteiger partial charge in [0.2, 0.25) is 9.84 Å². The largest absolute Gasteiger partial charge is 0.348 e. The van der Waals surface area contributed by atoms with Crippen LogP contribution in [-0.4, -0.2) is 20.2 Å². The number of nitrogens with zero attached hydrogens (tertiary/aromatic N) is 1. The molecule has 0 fully saturated rings. The van der Waals surface area contributed by atoms with E-state index in [0.717, 1.165) is 11.1 Å². The molecule has 36 heavy (non-hydrogen) atoms. The van der Waals surface area contributed by atoms with Gasteiger partial charge in [0.1, 0.15) is 0 Å². The van der Waals surface area contributed by atoms with E-state index in [1.807, 2.05) is 42.5 Å². The fourth-order valence-corrected chi connectivity index (χ4v) is 5.91. The molecule has 0 aromatic heterocycles. The van der Waals surface area contributed by atoms with Gasteiger partial charge >= 0.3 is 0 Å². The van der Waals surface area contributed by atoms with Crippen molar-refractivity contribution >= 4 is 38.9 Å². The molecule has 0 atom stereocenters. The number of anilines is 1. The normalized spacial score (nSPS) is 13.9. The fraction of sp³-hybridized carbons (Fsp3) is 0.0714. The number of benzene rings is 4. The van der Waals surface area contributed by atoms with Crippen molar-refractivity contribution in [2.24, 2.45) is 0 Å². The Morgan fingerprint density at radius 2 is 1.50 bits per heavy atom. The van der Waals surface area contributed by atoms with Crippen LogP contribution in [0.15, 0.2) is 107 Å². The third kappa shape index (κ3) is 4.51. The molecule has 0 saturated carbocycles. The molecule has 0 saturated heterocycles. The van der Waals surface area contributed by atoms with Gasteiger partial charge in [-0.05, 0) is 53.6 Å². The van der Waals surface area contributed by atoms with Crippen LogP contribution in [0.5, 0.6) is 0 Å². The molecule has 1 aliphatic heterocycles. The average Bonchev–Trinajstić information content (AvgIpc) is 2.97. The Labute approximate surface area is 214 Å². The quantitative estimate of drug-likeness (QED) is 0.392. The smallest absolute Gasteiger partial charge is 0.259 e. The number of nitrogens with one attached hydrogen (secondary N) is 1. The van der Waals surface area contributed by atoms with Crippen LogP contribution in [0.4, 0.5) is 5.69 Å². The first kappa shape index (κ1) is 23.8. The summed E-state index contributed by atoms with van der Waals surface area (Å²) < 4.78 is 27.2. The summed E-state index contributed by atoms with van der Waals surface area (Å²) in [5, 5.41) is 3.43. The van der Waals surface area contributed by atoms with Crippen LogP contribution in [0.2, 0.25) is 5.02 Å². The number of carbonyl (C=O) groups is 2. The highest BCUT2D eigenvalue weighted by atomic mass is 35.5. The van der Waals surface area contributed by atoms with Crippen LogP contribution in [0.3, 0.4) is 0 Å². The maximum absolute atomic E-state index is 13.7. The first-order valence-corrected chi connectivity index (χ1v) is 13.1. The maximum atomic E-state index is 13.7. The number of sulfone groups is 1. The molecule has 6 nitrogen and oxygen atoms in total. The summed E-state index contributed by atoms with van der Waals surface area (Å²) in [4.78, 5) is 28.0. The summed E-state index contributed by atoms with van der Waals surface area (Å²) in [5.74, 6) is -0.838. The Hall–Kier alpha value is -3.94. The molecule has 4 aromatic rings. The molecule has 8 heteroatoms. The lowest BCUT2D eigenvalue weighted by Gasteiger charge is -2.23. The van der Waals surface area contributed by atoms with Crippen LogP contribution >= 0.6 is 11.6 Å². The topological polar surface area (TPSA) is 83.6 Å². The lowest BCUT2D eigenvalue weighted by Crippen LogP contribution is -2.31. The van der Waals surface area contributed by atoms with Crippen LogP contribution in [0, 0.1) is 0 Å².